The number of nitrogens with zero attached hydrogens (tertiary/aromatic N) is 1. The van der Waals surface area contributed by atoms with Gasteiger partial charge < -0.3 is 10.1 Å². The van der Waals surface area contributed by atoms with Crippen LogP contribution in [0.25, 0.3) is 0 Å². The van der Waals surface area contributed by atoms with E-state index in [-0.39, 0.29) is 5.91 Å². The number of aromatic nitrogens is 1. The molecule has 1 aromatic heterocycles. The van der Waals surface area contributed by atoms with E-state index in [4.69, 9.17) is 4.74 Å². The van der Waals surface area contributed by atoms with Crippen molar-refractivity contribution in [2.24, 2.45) is 0 Å². The predicted octanol–water partition coefficient (Wildman–Crippen LogP) is 2.32. The van der Waals surface area contributed by atoms with Gasteiger partial charge in [0.25, 0.3) is 0 Å². The highest BCUT2D eigenvalue weighted by Gasteiger charge is 2.16. The Labute approximate surface area is 118 Å². The Balaban J connectivity index is 1.58. The molecule has 0 saturated carbocycles. The van der Waals surface area contributed by atoms with Crippen LogP contribution in [-0.2, 0) is 22.4 Å². The summed E-state index contributed by atoms with van der Waals surface area (Å²) < 4.78 is 5.50. The monoisotopic (exact) mass is 282 g/mol. The van der Waals surface area contributed by atoms with Crippen molar-refractivity contribution in [2.45, 2.75) is 51.6 Å². The first-order valence-corrected chi connectivity index (χ1v) is 7.91. The average Bonchev–Trinajstić information content (AvgIpc) is 3.07. The summed E-state index contributed by atoms with van der Waals surface area (Å²) >= 11 is 1.74. The van der Waals surface area contributed by atoms with Crippen molar-refractivity contribution < 1.29 is 9.53 Å². The van der Waals surface area contributed by atoms with Crippen molar-refractivity contribution in [1.82, 2.24) is 10.3 Å². The molecule has 1 fully saturated rings. The van der Waals surface area contributed by atoms with E-state index in [2.05, 4.69) is 17.2 Å². The molecular formula is C14H22N2O2S. The number of nitrogens with one attached hydrogen (secondary N) is 1. The molecule has 0 radical (unpaired) electrons. The summed E-state index contributed by atoms with van der Waals surface area (Å²) in [6, 6.07) is 0. The van der Waals surface area contributed by atoms with Crippen LogP contribution in [0.3, 0.4) is 0 Å². The van der Waals surface area contributed by atoms with Crippen LogP contribution in [-0.4, -0.2) is 30.1 Å². The molecule has 0 bridgehead atoms. The molecule has 1 saturated heterocycles. The second kappa shape index (κ2) is 7.60. The van der Waals surface area contributed by atoms with E-state index in [9.17, 15) is 4.79 Å². The van der Waals surface area contributed by atoms with E-state index < -0.39 is 0 Å². The highest BCUT2D eigenvalue weighted by molar-refractivity contribution is 7.11. The normalized spacial score (nSPS) is 18.7. The molecule has 1 atom stereocenters. The first kappa shape index (κ1) is 14.5. The van der Waals surface area contributed by atoms with Gasteiger partial charge in [0.2, 0.25) is 5.91 Å². The molecule has 1 aliphatic rings. The third kappa shape index (κ3) is 4.91. The molecule has 1 amide bonds. The number of ether oxygens (including phenoxy) is 1. The largest absolute Gasteiger partial charge is 0.378 e. The summed E-state index contributed by atoms with van der Waals surface area (Å²) in [6.07, 6.45) is 7.76. The lowest BCUT2D eigenvalue weighted by molar-refractivity contribution is -0.121. The molecule has 1 aliphatic heterocycles. The van der Waals surface area contributed by atoms with Gasteiger partial charge >= 0.3 is 0 Å². The van der Waals surface area contributed by atoms with Gasteiger partial charge in [0, 0.05) is 37.1 Å². The van der Waals surface area contributed by atoms with Gasteiger partial charge in [-0.3, -0.25) is 4.79 Å². The maximum Gasteiger partial charge on any atom is 0.220 e. The minimum atomic E-state index is 0.128. The van der Waals surface area contributed by atoms with E-state index in [1.165, 1.54) is 4.88 Å². The van der Waals surface area contributed by atoms with Gasteiger partial charge in [0.15, 0.2) is 0 Å². The van der Waals surface area contributed by atoms with Crippen LogP contribution in [0.1, 0.15) is 42.5 Å². The summed E-state index contributed by atoms with van der Waals surface area (Å²) in [4.78, 5) is 17.3. The third-order valence-corrected chi connectivity index (χ3v) is 4.53. The van der Waals surface area contributed by atoms with Gasteiger partial charge in [0.05, 0.1) is 11.1 Å². The summed E-state index contributed by atoms with van der Waals surface area (Å²) in [7, 11) is 0. The third-order valence-electron chi connectivity index (χ3n) is 3.33. The van der Waals surface area contributed by atoms with Gasteiger partial charge in [-0.1, -0.05) is 6.92 Å². The lowest BCUT2D eigenvalue weighted by atomic mass is 10.1. The number of aryl methyl sites for hydroxylation is 1. The van der Waals surface area contributed by atoms with E-state index in [1.807, 2.05) is 6.20 Å². The number of thiazole rings is 1. The van der Waals surface area contributed by atoms with Gasteiger partial charge in [-0.05, 0) is 25.7 Å². The molecule has 0 aromatic carbocycles. The number of carbonyl (C=O) groups is 1. The summed E-state index contributed by atoms with van der Waals surface area (Å²) in [5, 5.41) is 4.06. The fourth-order valence-corrected chi connectivity index (χ4v) is 3.05. The Bertz CT molecular complexity index is 400. The zero-order valence-electron chi connectivity index (χ0n) is 11.5. The Hall–Kier alpha value is -0.940. The number of rotatable bonds is 7. The molecule has 4 nitrogen and oxygen atoms in total. The van der Waals surface area contributed by atoms with E-state index in [0.29, 0.717) is 19.1 Å². The van der Waals surface area contributed by atoms with Crippen molar-refractivity contribution in [3.63, 3.8) is 0 Å². The van der Waals surface area contributed by atoms with Gasteiger partial charge in [-0.2, -0.15) is 0 Å². The van der Waals surface area contributed by atoms with Crippen molar-refractivity contribution in [3.8, 4) is 0 Å². The van der Waals surface area contributed by atoms with Crippen molar-refractivity contribution in [3.05, 3.63) is 16.1 Å². The minimum Gasteiger partial charge on any atom is -0.378 e. The van der Waals surface area contributed by atoms with E-state index in [1.54, 1.807) is 11.3 Å². The minimum absolute atomic E-state index is 0.128. The predicted molar refractivity (Wildman–Crippen MR) is 76.4 cm³/mol. The molecule has 2 rings (SSSR count). The Morgan fingerprint density at radius 3 is 3.21 bits per heavy atom. The lowest BCUT2D eigenvalue weighted by Crippen LogP contribution is -2.26. The van der Waals surface area contributed by atoms with Crippen LogP contribution in [0.5, 0.6) is 0 Å². The molecule has 2 heterocycles. The smallest absolute Gasteiger partial charge is 0.220 e. The van der Waals surface area contributed by atoms with E-state index in [0.717, 1.165) is 43.7 Å². The molecule has 0 spiro atoms. The van der Waals surface area contributed by atoms with Gasteiger partial charge in [-0.25, -0.2) is 4.98 Å². The number of carbonyl (C=O) groups excluding carboxylic acids is 1. The van der Waals surface area contributed by atoms with Crippen molar-refractivity contribution in [1.29, 1.82) is 0 Å². The topological polar surface area (TPSA) is 51.2 Å². The Morgan fingerprint density at radius 1 is 1.63 bits per heavy atom. The SMILES string of the molecule is CCc1cnc(CCNC(=O)CC[C@@H]2CCCO2)s1. The average molecular weight is 282 g/mol. The highest BCUT2D eigenvalue weighted by Crippen LogP contribution is 2.16. The van der Waals surface area contributed by atoms with Crippen LogP contribution in [0.4, 0.5) is 0 Å². The Kier molecular flexibility index (Phi) is 5.79. The first-order valence-electron chi connectivity index (χ1n) is 7.10. The number of hydrogen-bond donors (Lipinski definition) is 1. The van der Waals surface area contributed by atoms with Gasteiger partial charge in [0.1, 0.15) is 0 Å². The molecule has 1 N–H and O–H groups in total. The van der Waals surface area contributed by atoms with Gasteiger partial charge in [-0.15, -0.1) is 11.3 Å². The molecular weight excluding hydrogens is 260 g/mol. The summed E-state index contributed by atoms with van der Waals surface area (Å²) in [5.74, 6) is 0.128. The van der Waals surface area contributed by atoms with Crippen LogP contribution in [0.2, 0.25) is 0 Å². The molecule has 0 unspecified atom stereocenters. The lowest BCUT2D eigenvalue weighted by Gasteiger charge is -2.08. The van der Waals surface area contributed by atoms with E-state index >= 15 is 0 Å². The fraction of sp³-hybridized carbons (Fsp3) is 0.714. The zero-order valence-corrected chi connectivity index (χ0v) is 12.3. The fourth-order valence-electron chi connectivity index (χ4n) is 2.19. The van der Waals surface area contributed by atoms with Crippen molar-refractivity contribution >= 4 is 17.2 Å². The highest BCUT2D eigenvalue weighted by atomic mass is 32.1. The van der Waals surface area contributed by atoms with Crippen LogP contribution < -0.4 is 5.32 Å². The summed E-state index contributed by atoms with van der Waals surface area (Å²) in [6.45, 7) is 3.67. The van der Waals surface area contributed by atoms with Crippen molar-refractivity contribution in [2.75, 3.05) is 13.2 Å². The number of amides is 1. The molecule has 5 heteroatoms. The maximum absolute atomic E-state index is 11.7. The summed E-state index contributed by atoms with van der Waals surface area (Å²) in [5.41, 5.74) is 0. The first-order chi connectivity index (χ1) is 9.28. The zero-order chi connectivity index (χ0) is 13.5. The van der Waals surface area contributed by atoms with Crippen LogP contribution in [0.15, 0.2) is 6.20 Å². The maximum atomic E-state index is 11.7. The second-order valence-corrected chi connectivity index (χ2v) is 6.05. The van der Waals surface area contributed by atoms with Crippen LogP contribution in [0, 0.1) is 0 Å². The molecule has 1 aromatic rings. The molecule has 19 heavy (non-hydrogen) atoms. The standard InChI is InChI=1S/C14H22N2O2S/c1-2-12-10-16-14(19-12)7-8-15-13(17)6-5-11-4-3-9-18-11/h10-11H,2-9H2,1H3,(H,15,17)/t11-/m0/s1. The number of hydrogen-bond acceptors (Lipinski definition) is 4. The molecule has 106 valence electrons. The molecule has 0 aliphatic carbocycles. The quantitative estimate of drug-likeness (QED) is 0.835. The van der Waals surface area contributed by atoms with Crippen LogP contribution >= 0.6 is 11.3 Å². The Morgan fingerprint density at radius 2 is 2.53 bits per heavy atom. The second-order valence-electron chi connectivity index (χ2n) is 4.85.